The molecule has 0 aliphatic heterocycles. The molecule has 0 rings (SSSR count). The predicted octanol–water partition coefficient (Wildman–Crippen LogP) is 5.73. The monoisotopic (exact) mass is 391 g/mol. The number of ether oxygens (including phenoxy) is 1. The van der Waals surface area contributed by atoms with Gasteiger partial charge >= 0.3 is 11.7 Å². The van der Waals surface area contributed by atoms with Crippen molar-refractivity contribution in [2.75, 3.05) is 6.61 Å². The molecule has 0 aliphatic rings. The third-order valence-corrected chi connectivity index (χ3v) is 3.95. The van der Waals surface area contributed by atoms with Crippen molar-refractivity contribution in [2.24, 2.45) is 0 Å². The van der Waals surface area contributed by atoms with Gasteiger partial charge in [-0.1, -0.05) is 56.2 Å². The molecule has 0 aromatic heterocycles. The van der Waals surface area contributed by atoms with Crippen molar-refractivity contribution < 1.29 is 19.7 Å². The van der Waals surface area contributed by atoms with E-state index in [-0.39, 0.29) is 23.8 Å². The summed E-state index contributed by atoms with van der Waals surface area (Å²) >= 11 is 0. The van der Waals surface area contributed by atoms with Crippen LogP contribution in [0.5, 0.6) is 0 Å². The minimum atomic E-state index is -0.842. The summed E-state index contributed by atoms with van der Waals surface area (Å²) in [7, 11) is 0. The van der Waals surface area contributed by atoms with E-state index in [1.807, 2.05) is 24.3 Å². The van der Waals surface area contributed by atoms with Crippen LogP contribution in [0.1, 0.15) is 71.6 Å². The number of carbonyl (C=O) groups is 1. The third kappa shape index (κ3) is 14.7. The Morgan fingerprint density at radius 1 is 1.11 bits per heavy atom. The van der Waals surface area contributed by atoms with Gasteiger partial charge in [-0.3, -0.25) is 4.79 Å². The minimum Gasteiger partial charge on any atom is -0.505 e. The fourth-order valence-electron chi connectivity index (χ4n) is 2.42. The van der Waals surface area contributed by atoms with Crippen LogP contribution >= 0.6 is 0 Å². The first-order valence-corrected chi connectivity index (χ1v) is 10.1. The van der Waals surface area contributed by atoms with Crippen LogP contribution in [-0.2, 0) is 9.53 Å². The molecule has 28 heavy (non-hydrogen) atoms. The lowest BCUT2D eigenvalue weighted by Crippen LogP contribution is -2.04. The minimum absolute atomic E-state index is 0.0240. The van der Waals surface area contributed by atoms with Crippen LogP contribution in [0.4, 0.5) is 0 Å². The Balaban J connectivity index is 4.08. The van der Waals surface area contributed by atoms with E-state index in [1.165, 1.54) is 0 Å². The molecule has 0 saturated carbocycles. The number of diazo groups is 1. The summed E-state index contributed by atoms with van der Waals surface area (Å²) in [5.41, 5.74) is 0.240. The van der Waals surface area contributed by atoms with Crippen molar-refractivity contribution in [1.82, 2.24) is 0 Å². The van der Waals surface area contributed by atoms with Crippen molar-refractivity contribution in [2.45, 2.75) is 77.7 Å². The summed E-state index contributed by atoms with van der Waals surface area (Å²) in [5, 5.41) is 28.9. The Bertz CT molecular complexity index is 586. The molecule has 0 fully saturated rings. The molecule has 0 amide bonds. The Kier molecular flexibility index (Phi) is 16.5. The van der Waals surface area contributed by atoms with Crippen LogP contribution in [0.2, 0.25) is 0 Å². The van der Waals surface area contributed by atoms with Gasteiger partial charge in [0.15, 0.2) is 10.7 Å². The molecule has 0 heterocycles. The molecular weight excluding hydrogens is 356 g/mol. The van der Waals surface area contributed by atoms with Gasteiger partial charge in [-0.05, 0) is 32.6 Å². The first kappa shape index (κ1) is 25.6. The van der Waals surface area contributed by atoms with E-state index in [0.29, 0.717) is 19.4 Å². The Morgan fingerprint density at radius 2 is 1.89 bits per heavy atom. The zero-order valence-electron chi connectivity index (χ0n) is 17.2. The first-order valence-electron chi connectivity index (χ1n) is 10.1. The van der Waals surface area contributed by atoms with E-state index in [0.717, 1.165) is 38.5 Å². The third-order valence-electron chi connectivity index (χ3n) is 3.95. The number of hydrogen-bond donors (Lipinski definition) is 2. The summed E-state index contributed by atoms with van der Waals surface area (Å²) in [6, 6.07) is 0. The largest absolute Gasteiger partial charge is 0.505 e. The zero-order valence-corrected chi connectivity index (χ0v) is 17.2. The highest BCUT2D eigenvalue weighted by Crippen LogP contribution is 2.17. The number of aliphatic hydroxyl groups excluding tert-OH is 2. The number of esters is 1. The summed E-state index contributed by atoms with van der Waals surface area (Å²) < 4.78 is 4.86. The zero-order chi connectivity index (χ0) is 21.0. The fraction of sp³-hybridized carbons (Fsp3) is 0.591. The lowest BCUT2D eigenvalue weighted by atomic mass is 10.1. The van der Waals surface area contributed by atoms with Crippen molar-refractivity contribution in [3.8, 4) is 0 Å². The molecule has 1 atom stereocenters. The maximum absolute atomic E-state index is 11.2. The van der Waals surface area contributed by atoms with Gasteiger partial charge in [-0.2, -0.15) is 0 Å². The molecule has 156 valence electrons. The summed E-state index contributed by atoms with van der Waals surface area (Å²) in [4.78, 5) is 14.3. The summed E-state index contributed by atoms with van der Waals surface area (Å²) in [5.74, 6) is -0.230. The molecule has 0 aromatic rings. The van der Waals surface area contributed by atoms with Gasteiger partial charge in [0.05, 0.1) is 19.1 Å². The summed E-state index contributed by atoms with van der Waals surface area (Å²) in [6.07, 6.45) is 16.5. The topological polar surface area (TPSA) is 94.9 Å². The van der Waals surface area contributed by atoms with Crippen LogP contribution in [-0.4, -0.2) is 28.9 Å². The molecule has 2 N–H and O–H groups in total. The number of unbranched alkanes of at least 4 members (excludes halogenated alkanes) is 3. The van der Waals surface area contributed by atoms with Crippen LogP contribution < -0.4 is 0 Å². The van der Waals surface area contributed by atoms with Crippen LogP contribution in [0.25, 0.3) is 4.98 Å². The average Bonchev–Trinajstić information content (AvgIpc) is 2.66. The molecular formula is C22H35N2O4+. The smallest absolute Gasteiger partial charge is 0.398 e. The highest BCUT2D eigenvalue weighted by molar-refractivity contribution is 5.69. The number of allylic oxidation sites excluding steroid dienone is 6. The number of nitrogens with zero attached hydrogens (tertiary/aromatic N) is 2. The predicted molar refractivity (Wildman–Crippen MR) is 112 cm³/mol. The highest BCUT2D eigenvalue weighted by Gasteiger charge is 2.19. The first-order chi connectivity index (χ1) is 13.5. The molecule has 0 aliphatic carbocycles. The van der Waals surface area contributed by atoms with Crippen molar-refractivity contribution >= 4 is 5.97 Å². The molecule has 1 unspecified atom stereocenters. The van der Waals surface area contributed by atoms with Crippen molar-refractivity contribution in [3.63, 3.8) is 0 Å². The van der Waals surface area contributed by atoms with Gasteiger partial charge in [0.1, 0.15) is 0 Å². The lowest BCUT2D eigenvalue weighted by molar-refractivity contribution is -0.143. The molecule has 0 bridgehead atoms. The molecule has 6 heteroatoms. The number of rotatable bonds is 15. The van der Waals surface area contributed by atoms with E-state index < -0.39 is 6.10 Å². The SMILES string of the molecule is CCCCC/C([N+]#N)=C(/O)CC(O)/C=C/C=C\C/C=C\CCCC(=O)OCC. The van der Waals surface area contributed by atoms with Gasteiger partial charge in [-0.15, -0.1) is 0 Å². The van der Waals surface area contributed by atoms with Gasteiger partial charge in [0, 0.05) is 12.8 Å². The van der Waals surface area contributed by atoms with Gasteiger partial charge in [0.2, 0.25) is 5.39 Å². The van der Waals surface area contributed by atoms with Gasteiger partial charge < -0.3 is 14.9 Å². The van der Waals surface area contributed by atoms with Crippen molar-refractivity contribution in [1.29, 1.82) is 5.39 Å². The van der Waals surface area contributed by atoms with Crippen molar-refractivity contribution in [3.05, 3.63) is 52.9 Å². The molecule has 0 spiro atoms. The maximum Gasteiger partial charge on any atom is 0.398 e. The number of hydrogen-bond acceptors (Lipinski definition) is 5. The summed E-state index contributed by atoms with van der Waals surface area (Å²) in [6.45, 7) is 4.30. The number of aliphatic hydroxyl groups is 2. The normalized spacial score (nSPS) is 13.8. The molecule has 0 aromatic carbocycles. The van der Waals surface area contributed by atoms with Crippen LogP contribution in [0, 0.1) is 5.39 Å². The average molecular weight is 392 g/mol. The van der Waals surface area contributed by atoms with Gasteiger partial charge in [-0.25, -0.2) is 0 Å². The standard InChI is InChI=1S/C22H34N2O4/c1-3-5-12-16-20(24-23)21(26)18-19(25)15-13-10-8-6-7-9-11-14-17-22(27)28-4-2/h7-10,13,15,19,25H,3-6,11-12,14,16-18H2,1-2H3/p+1/b9-7-,10-8-,15-13+,21-20-. The Labute approximate surface area is 168 Å². The quantitative estimate of drug-likeness (QED) is 0.0928. The Morgan fingerprint density at radius 3 is 2.57 bits per heavy atom. The van der Waals surface area contributed by atoms with E-state index in [1.54, 1.807) is 19.1 Å². The van der Waals surface area contributed by atoms with Gasteiger partial charge in [0.25, 0.3) is 0 Å². The second-order valence-electron chi connectivity index (χ2n) is 6.44. The van der Waals surface area contributed by atoms with E-state index in [2.05, 4.69) is 11.9 Å². The number of carbonyl (C=O) groups excluding carboxylic acids is 1. The van der Waals surface area contributed by atoms with Crippen LogP contribution in [0.15, 0.2) is 47.9 Å². The lowest BCUT2D eigenvalue weighted by Gasteiger charge is -2.02. The van der Waals surface area contributed by atoms with E-state index >= 15 is 0 Å². The molecule has 0 saturated heterocycles. The second kappa shape index (κ2) is 18.0. The van der Waals surface area contributed by atoms with E-state index in [9.17, 15) is 15.0 Å². The van der Waals surface area contributed by atoms with Crippen LogP contribution in [0.3, 0.4) is 0 Å². The highest BCUT2D eigenvalue weighted by atomic mass is 16.5. The molecule has 0 radical (unpaired) electrons. The van der Waals surface area contributed by atoms with E-state index in [4.69, 9.17) is 10.1 Å². The maximum atomic E-state index is 11.2. The fourth-order valence-corrected chi connectivity index (χ4v) is 2.42. The molecule has 6 nitrogen and oxygen atoms in total. The Hall–Kier alpha value is -2.39. The second-order valence-corrected chi connectivity index (χ2v) is 6.44.